The second-order valence-electron chi connectivity index (χ2n) is 6.41. The maximum atomic E-state index is 11.9. The topological polar surface area (TPSA) is 55.4 Å². The first kappa shape index (κ1) is 22.1. The SMILES string of the molecule is CCCCC(CC)CNCCC(=O)OC(=O)C(CC)CCCC. The molecule has 0 radical (unpaired) electrons. The van der Waals surface area contributed by atoms with Crippen molar-refractivity contribution in [1.29, 1.82) is 0 Å². The van der Waals surface area contributed by atoms with Crippen molar-refractivity contribution in [3.63, 3.8) is 0 Å². The van der Waals surface area contributed by atoms with Crippen LogP contribution in [-0.4, -0.2) is 25.0 Å². The minimum atomic E-state index is -0.404. The van der Waals surface area contributed by atoms with Gasteiger partial charge in [0.25, 0.3) is 0 Å². The lowest BCUT2D eigenvalue weighted by molar-refractivity contribution is -0.162. The highest BCUT2D eigenvalue weighted by atomic mass is 16.6. The van der Waals surface area contributed by atoms with E-state index in [4.69, 9.17) is 4.74 Å². The van der Waals surface area contributed by atoms with Gasteiger partial charge in [0, 0.05) is 6.54 Å². The van der Waals surface area contributed by atoms with Gasteiger partial charge in [-0.05, 0) is 31.7 Å². The van der Waals surface area contributed by atoms with Crippen molar-refractivity contribution >= 4 is 11.9 Å². The fraction of sp³-hybridized carbons (Fsp3) is 0.895. The Morgan fingerprint density at radius 3 is 2.17 bits per heavy atom. The van der Waals surface area contributed by atoms with Crippen molar-refractivity contribution in [2.24, 2.45) is 11.8 Å². The van der Waals surface area contributed by atoms with Crippen LogP contribution in [0.5, 0.6) is 0 Å². The van der Waals surface area contributed by atoms with Crippen LogP contribution in [0.2, 0.25) is 0 Å². The molecule has 136 valence electrons. The zero-order valence-electron chi connectivity index (χ0n) is 15.7. The lowest BCUT2D eigenvalue weighted by Crippen LogP contribution is -2.27. The maximum Gasteiger partial charge on any atom is 0.316 e. The molecule has 0 aliphatic heterocycles. The van der Waals surface area contributed by atoms with Crippen LogP contribution in [0.15, 0.2) is 0 Å². The molecule has 0 saturated carbocycles. The molecule has 0 amide bonds. The molecule has 0 fully saturated rings. The summed E-state index contributed by atoms with van der Waals surface area (Å²) in [5, 5.41) is 3.31. The Bertz CT molecular complexity index is 318. The highest BCUT2D eigenvalue weighted by molar-refractivity contribution is 5.86. The summed E-state index contributed by atoms with van der Waals surface area (Å²) in [6, 6.07) is 0. The van der Waals surface area contributed by atoms with E-state index in [2.05, 4.69) is 26.1 Å². The van der Waals surface area contributed by atoms with Crippen molar-refractivity contribution < 1.29 is 14.3 Å². The molecular weight excluding hydrogens is 290 g/mol. The van der Waals surface area contributed by atoms with Crippen molar-refractivity contribution in [3.8, 4) is 0 Å². The average molecular weight is 328 g/mol. The standard InChI is InChI=1S/C19H37NO3/c1-5-9-11-16(7-3)15-20-14-13-18(21)23-19(22)17(8-4)12-10-6-2/h16-17,20H,5-15H2,1-4H3. The Balaban J connectivity index is 3.90. The molecule has 2 atom stereocenters. The fourth-order valence-corrected chi connectivity index (χ4v) is 2.63. The van der Waals surface area contributed by atoms with Gasteiger partial charge >= 0.3 is 11.9 Å². The Hall–Kier alpha value is -0.900. The normalized spacial score (nSPS) is 13.6. The third-order valence-electron chi connectivity index (χ3n) is 4.43. The summed E-state index contributed by atoms with van der Waals surface area (Å²) in [6.07, 6.45) is 8.74. The lowest BCUT2D eigenvalue weighted by Gasteiger charge is -2.15. The van der Waals surface area contributed by atoms with Crippen LogP contribution in [0.3, 0.4) is 0 Å². The predicted octanol–water partition coefficient (Wildman–Crippen LogP) is 4.47. The molecule has 0 aromatic rings. The molecular formula is C19H37NO3. The summed E-state index contributed by atoms with van der Waals surface area (Å²) < 4.78 is 4.98. The van der Waals surface area contributed by atoms with Crippen molar-refractivity contribution in [3.05, 3.63) is 0 Å². The van der Waals surface area contributed by atoms with Crippen LogP contribution in [-0.2, 0) is 14.3 Å². The third kappa shape index (κ3) is 11.3. The van der Waals surface area contributed by atoms with E-state index in [-0.39, 0.29) is 18.3 Å². The first-order valence-electron chi connectivity index (χ1n) is 9.54. The average Bonchev–Trinajstić information content (AvgIpc) is 2.54. The van der Waals surface area contributed by atoms with Crippen molar-refractivity contribution in [1.82, 2.24) is 5.32 Å². The van der Waals surface area contributed by atoms with Gasteiger partial charge in [0.2, 0.25) is 0 Å². The number of carbonyl (C=O) groups is 2. The minimum absolute atomic E-state index is 0.134. The lowest BCUT2D eigenvalue weighted by atomic mass is 9.99. The van der Waals surface area contributed by atoms with E-state index in [1.165, 1.54) is 19.3 Å². The Labute approximate surface area is 142 Å². The Morgan fingerprint density at radius 1 is 0.957 bits per heavy atom. The fourth-order valence-electron chi connectivity index (χ4n) is 2.63. The number of ether oxygens (including phenoxy) is 1. The van der Waals surface area contributed by atoms with Crippen LogP contribution in [0.1, 0.15) is 85.5 Å². The molecule has 0 saturated heterocycles. The van der Waals surface area contributed by atoms with E-state index in [1.54, 1.807) is 0 Å². The summed E-state index contributed by atoms with van der Waals surface area (Å²) in [5.41, 5.74) is 0. The molecule has 4 nitrogen and oxygen atoms in total. The summed E-state index contributed by atoms with van der Waals surface area (Å²) in [5.74, 6) is -0.212. The summed E-state index contributed by atoms with van der Waals surface area (Å²) in [6.45, 7) is 9.99. The van der Waals surface area contributed by atoms with E-state index in [1.807, 2.05) is 6.92 Å². The molecule has 0 aromatic carbocycles. The molecule has 0 spiro atoms. The first-order valence-corrected chi connectivity index (χ1v) is 9.54. The van der Waals surface area contributed by atoms with E-state index in [0.29, 0.717) is 12.5 Å². The third-order valence-corrected chi connectivity index (χ3v) is 4.43. The molecule has 4 heteroatoms. The molecule has 0 aliphatic rings. The molecule has 0 bridgehead atoms. The van der Waals surface area contributed by atoms with Gasteiger partial charge in [0.05, 0.1) is 12.3 Å². The van der Waals surface area contributed by atoms with Gasteiger partial charge in [-0.25, -0.2) is 0 Å². The number of hydrogen-bond acceptors (Lipinski definition) is 4. The highest BCUT2D eigenvalue weighted by Gasteiger charge is 2.20. The number of unbranched alkanes of at least 4 members (excludes halogenated alkanes) is 2. The van der Waals surface area contributed by atoms with E-state index in [0.717, 1.165) is 38.6 Å². The largest absolute Gasteiger partial charge is 0.393 e. The van der Waals surface area contributed by atoms with Gasteiger partial charge in [0.15, 0.2) is 0 Å². The number of esters is 2. The van der Waals surface area contributed by atoms with Gasteiger partial charge in [-0.15, -0.1) is 0 Å². The molecule has 0 aliphatic carbocycles. The van der Waals surface area contributed by atoms with Gasteiger partial charge in [0.1, 0.15) is 0 Å². The highest BCUT2D eigenvalue weighted by Crippen LogP contribution is 2.15. The van der Waals surface area contributed by atoms with E-state index < -0.39 is 5.97 Å². The molecule has 1 N–H and O–H groups in total. The number of carbonyl (C=O) groups excluding carboxylic acids is 2. The number of hydrogen-bond donors (Lipinski definition) is 1. The zero-order chi connectivity index (χ0) is 17.5. The van der Waals surface area contributed by atoms with Crippen LogP contribution in [0, 0.1) is 11.8 Å². The van der Waals surface area contributed by atoms with E-state index in [9.17, 15) is 9.59 Å². The van der Waals surface area contributed by atoms with Crippen LogP contribution < -0.4 is 5.32 Å². The van der Waals surface area contributed by atoms with Gasteiger partial charge in [-0.3, -0.25) is 9.59 Å². The minimum Gasteiger partial charge on any atom is -0.393 e. The second kappa shape index (κ2) is 14.7. The summed E-state index contributed by atoms with van der Waals surface area (Å²) in [7, 11) is 0. The zero-order valence-corrected chi connectivity index (χ0v) is 15.7. The molecule has 0 aromatic heterocycles. The summed E-state index contributed by atoms with van der Waals surface area (Å²) in [4.78, 5) is 23.7. The van der Waals surface area contributed by atoms with E-state index >= 15 is 0 Å². The van der Waals surface area contributed by atoms with Gasteiger partial charge in [-0.1, -0.05) is 59.8 Å². The molecule has 2 unspecified atom stereocenters. The smallest absolute Gasteiger partial charge is 0.316 e. The molecule has 0 heterocycles. The number of nitrogens with one attached hydrogen (secondary N) is 1. The Kier molecular flexibility index (Phi) is 14.1. The van der Waals surface area contributed by atoms with Crippen LogP contribution in [0.4, 0.5) is 0 Å². The van der Waals surface area contributed by atoms with Gasteiger partial charge in [-0.2, -0.15) is 0 Å². The molecule has 0 rings (SSSR count). The van der Waals surface area contributed by atoms with Crippen molar-refractivity contribution in [2.75, 3.05) is 13.1 Å². The maximum absolute atomic E-state index is 11.9. The monoisotopic (exact) mass is 327 g/mol. The summed E-state index contributed by atoms with van der Waals surface area (Å²) >= 11 is 0. The van der Waals surface area contributed by atoms with Crippen LogP contribution in [0.25, 0.3) is 0 Å². The molecule has 23 heavy (non-hydrogen) atoms. The van der Waals surface area contributed by atoms with Crippen molar-refractivity contribution in [2.45, 2.75) is 85.5 Å². The second-order valence-corrected chi connectivity index (χ2v) is 6.41. The number of rotatable bonds is 14. The Morgan fingerprint density at radius 2 is 1.61 bits per heavy atom. The predicted molar refractivity (Wildman–Crippen MR) is 95.2 cm³/mol. The first-order chi connectivity index (χ1) is 11.1. The van der Waals surface area contributed by atoms with Gasteiger partial charge < -0.3 is 10.1 Å². The van der Waals surface area contributed by atoms with Crippen LogP contribution >= 0.6 is 0 Å². The quantitative estimate of drug-likeness (QED) is 0.290.